The first-order chi connectivity index (χ1) is 14.5. The predicted octanol–water partition coefficient (Wildman–Crippen LogP) is 4.25. The number of hydrogen-bond donors (Lipinski definition) is 1. The maximum atomic E-state index is 13.4. The second-order valence-electron chi connectivity index (χ2n) is 6.37. The van der Waals surface area contributed by atoms with Gasteiger partial charge in [0.25, 0.3) is 5.91 Å². The minimum absolute atomic E-state index is 0.00196. The highest BCUT2D eigenvalue weighted by molar-refractivity contribution is 5.94. The number of carbonyl (C=O) groups excluding carboxylic acids is 1. The van der Waals surface area contributed by atoms with Gasteiger partial charge in [0.05, 0.1) is 12.0 Å². The zero-order valence-electron chi connectivity index (χ0n) is 16.1. The van der Waals surface area contributed by atoms with Crippen LogP contribution >= 0.6 is 0 Å². The molecule has 0 atom stereocenters. The molecule has 8 heteroatoms. The Bertz CT molecular complexity index is 1060. The number of ether oxygens (including phenoxy) is 2. The summed E-state index contributed by atoms with van der Waals surface area (Å²) in [5, 5.41) is 13.5. The van der Waals surface area contributed by atoms with Crippen molar-refractivity contribution in [1.82, 2.24) is 5.32 Å². The number of methoxy groups -OCH3 is 1. The second kappa shape index (κ2) is 9.51. The molecular weight excluding hydrogens is 391 g/mol. The third-order valence-corrected chi connectivity index (χ3v) is 4.32. The summed E-state index contributed by atoms with van der Waals surface area (Å²) in [5.74, 6) is -0.477. The zero-order valence-corrected chi connectivity index (χ0v) is 16.1. The Labute approximate surface area is 172 Å². The molecule has 3 aromatic rings. The number of nitrogens with one attached hydrogen (secondary N) is 1. The van der Waals surface area contributed by atoms with Crippen molar-refractivity contribution in [2.24, 2.45) is 0 Å². The van der Waals surface area contributed by atoms with E-state index < -0.39 is 22.3 Å². The lowest BCUT2D eigenvalue weighted by atomic mass is 10.1. The molecule has 3 rings (SSSR count). The standard InChI is InChI=1S/C22H19FN2O5/c1-29-21-11-16(7-10-20(21)30-14-15-5-3-2-4-6-15)13-24-22(26)17-8-9-18(23)19(12-17)25(27)28/h2-12H,13-14H2,1H3,(H,24,26). The quantitative estimate of drug-likeness (QED) is 0.443. The third-order valence-electron chi connectivity index (χ3n) is 4.32. The molecule has 0 aromatic heterocycles. The summed E-state index contributed by atoms with van der Waals surface area (Å²) in [4.78, 5) is 22.2. The van der Waals surface area contributed by atoms with Crippen molar-refractivity contribution < 1.29 is 23.6 Å². The Hall–Kier alpha value is -3.94. The van der Waals surface area contributed by atoms with Gasteiger partial charge in [0.1, 0.15) is 6.61 Å². The molecule has 0 aliphatic carbocycles. The number of nitro benzene ring substituents is 1. The summed E-state index contributed by atoms with van der Waals surface area (Å²) in [6, 6.07) is 17.9. The van der Waals surface area contributed by atoms with Crippen LogP contribution in [0.4, 0.5) is 10.1 Å². The monoisotopic (exact) mass is 410 g/mol. The maximum Gasteiger partial charge on any atom is 0.305 e. The van der Waals surface area contributed by atoms with Gasteiger partial charge in [0.15, 0.2) is 11.5 Å². The van der Waals surface area contributed by atoms with Gasteiger partial charge < -0.3 is 14.8 Å². The average Bonchev–Trinajstić information content (AvgIpc) is 2.77. The summed E-state index contributed by atoms with van der Waals surface area (Å²) in [6.07, 6.45) is 0. The van der Waals surface area contributed by atoms with Crippen LogP contribution < -0.4 is 14.8 Å². The zero-order chi connectivity index (χ0) is 21.5. The molecule has 0 aliphatic rings. The van der Waals surface area contributed by atoms with Crippen LogP contribution in [0, 0.1) is 15.9 Å². The third kappa shape index (κ3) is 5.11. The van der Waals surface area contributed by atoms with Gasteiger partial charge in [-0.25, -0.2) is 0 Å². The molecule has 3 aromatic carbocycles. The maximum absolute atomic E-state index is 13.4. The first-order valence-electron chi connectivity index (χ1n) is 9.03. The smallest absolute Gasteiger partial charge is 0.305 e. The summed E-state index contributed by atoms with van der Waals surface area (Å²) in [5.41, 5.74) is 1.01. The normalized spacial score (nSPS) is 10.3. The predicted molar refractivity (Wildman–Crippen MR) is 108 cm³/mol. The molecule has 0 saturated carbocycles. The summed E-state index contributed by atoms with van der Waals surface area (Å²) >= 11 is 0. The molecule has 0 saturated heterocycles. The van der Waals surface area contributed by atoms with Crippen molar-refractivity contribution in [1.29, 1.82) is 0 Å². The lowest BCUT2D eigenvalue weighted by Gasteiger charge is -2.13. The number of halogens is 1. The van der Waals surface area contributed by atoms with Gasteiger partial charge in [-0.05, 0) is 35.4 Å². The van der Waals surface area contributed by atoms with E-state index in [4.69, 9.17) is 9.47 Å². The van der Waals surface area contributed by atoms with E-state index in [2.05, 4.69) is 5.32 Å². The molecule has 1 N–H and O–H groups in total. The van der Waals surface area contributed by atoms with Gasteiger partial charge in [-0.2, -0.15) is 4.39 Å². The van der Waals surface area contributed by atoms with Crippen LogP contribution in [0.5, 0.6) is 11.5 Å². The Kier molecular flexibility index (Phi) is 6.59. The first kappa shape index (κ1) is 20.8. The van der Waals surface area contributed by atoms with E-state index in [-0.39, 0.29) is 12.1 Å². The van der Waals surface area contributed by atoms with E-state index in [1.165, 1.54) is 13.2 Å². The van der Waals surface area contributed by atoms with Crippen molar-refractivity contribution in [3.05, 3.63) is 99.4 Å². The fourth-order valence-electron chi connectivity index (χ4n) is 2.75. The Morgan fingerprint density at radius 3 is 2.50 bits per heavy atom. The fraction of sp³-hybridized carbons (Fsp3) is 0.136. The van der Waals surface area contributed by atoms with E-state index >= 15 is 0 Å². The second-order valence-corrected chi connectivity index (χ2v) is 6.37. The Morgan fingerprint density at radius 2 is 1.80 bits per heavy atom. The van der Waals surface area contributed by atoms with Crippen molar-refractivity contribution >= 4 is 11.6 Å². The number of amides is 1. The number of carbonyl (C=O) groups is 1. The number of nitro groups is 1. The SMILES string of the molecule is COc1cc(CNC(=O)c2ccc(F)c([N+](=O)[O-])c2)ccc1OCc1ccccc1. The number of hydrogen-bond acceptors (Lipinski definition) is 5. The summed E-state index contributed by atoms with van der Waals surface area (Å²) < 4.78 is 24.6. The topological polar surface area (TPSA) is 90.7 Å². The van der Waals surface area contributed by atoms with Gasteiger partial charge in [-0.1, -0.05) is 36.4 Å². The Balaban J connectivity index is 1.65. The highest BCUT2D eigenvalue weighted by Gasteiger charge is 2.17. The lowest BCUT2D eigenvalue weighted by Crippen LogP contribution is -2.23. The van der Waals surface area contributed by atoms with E-state index in [1.807, 2.05) is 30.3 Å². The van der Waals surface area contributed by atoms with E-state index in [0.29, 0.717) is 18.1 Å². The minimum Gasteiger partial charge on any atom is -0.493 e. The fourth-order valence-corrected chi connectivity index (χ4v) is 2.75. The molecule has 0 aliphatic heterocycles. The van der Waals surface area contributed by atoms with Crippen LogP contribution in [0.1, 0.15) is 21.5 Å². The van der Waals surface area contributed by atoms with Crippen LogP contribution in [0.3, 0.4) is 0 Å². The number of nitrogens with zero attached hydrogens (tertiary/aromatic N) is 1. The van der Waals surface area contributed by atoms with Crippen LogP contribution in [0.15, 0.2) is 66.7 Å². The summed E-state index contributed by atoms with van der Waals surface area (Å²) in [6.45, 7) is 0.538. The van der Waals surface area contributed by atoms with Crippen molar-refractivity contribution in [3.8, 4) is 11.5 Å². The first-order valence-corrected chi connectivity index (χ1v) is 9.03. The van der Waals surface area contributed by atoms with Gasteiger partial charge in [0.2, 0.25) is 5.82 Å². The van der Waals surface area contributed by atoms with Gasteiger partial charge in [-0.15, -0.1) is 0 Å². The molecule has 7 nitrogen and oxygen atoms in total. The molecule has 0 spiro atoms. The molecule has 1 amide bonds. The van der Waals surface area contributed by atoms with Crippen molar-refractivity contribution in [2.75, 3.05) is 7.11 Å². The average molecular weight is 410 g/mol. The van der Waals surface area contributed by atoms with E-state index in [1.54, 1.807) is 18.2 Å². The molecule has 0 radical (unpaired) electrons. The largest absolute Gasteiger partial charge is 0.493 e. The lowest BCUT2D eigenvalue weighted by molar-refractivity contribution is -0.387. The van der Waals surface area contributed by atoms with Gasteiger partial charge in [-0.3, -0.25) is 14.9 Å². The van der Waals surface area contributed by atoms with Crippen LogP contribution in [0.2, 0.25) is 0 Å². The minimum atomic E-state index is -0.993. The Morgan fingerprint density at radius 1 is 1.03 bits per heavy atom. The molecule has 0 fully saturated rings. The highest BCUT2D eigenvalue weighted by Crippen LogP contribution is 2.29. The van der Waals surface area contributed by atoms with E-state index in [9.17, 15) is 19.3 Å². The van der Waals surface area contributed by atoms with Crippen molar-refractivity contribution in [2.45, 2.75) is 13.2 Å². The van der Waals surface area contributed by atoms with Gasteiger partial charge >= 0.3 is 5.69 Å². The number of rotatable bonds is 8. The van der Waals surface area contributed by atoms with Crippen LogP contribution in [-0.4, -0.2) is 17.9 Å². The van der Waals surface area contributed by atoms with E-state index in [0.717, 1.165) is 23.3 Å². The van der Waals surface area contributed by atoms with Gasteiger partial charge in [0, 0.05) is 18.2 Å². The highest BCUT2D eigenvalue weighted by atomic mass is 19.1. The molecule has 30 heavy (non-hydrogen) atoms. The van der Waals surface area contributed by atoms with Crippen molar-refractivity contribution in [3.63, 3.8) is 0 Å². The van der Waals surface area contributed by atoms with Crippen LogP contribution in [0.25, 0.3) is 0 Å². The molecule has 154 valence electrons. The van der Waals surface area contributed by atoms with Crippen LogP contribution in [-0.2, 0) is 13.2 Å². The number of benzene rings is 3. The molecular formula is C22H19FN2O5. The molecule has 0 heterocycles. The molecule has 0 unspecified atom stereocenters. The summed E-state index contributed by atoms with van der Waals surface area (Å²) in [7, 11) is 1.52. The molecule has 0 bridgehead atoms.